The summed E-state index contributed by atoms with van der Waals surface area (Å²) < 4.78 is 7.63. The molecule has 3 nitrogen and oxygen atoms in total. The van der Waals surface area contributed by atoms with Crippen LogP contribution in [0.4, 0.5) is 0 Å². The average Bonchev–Trinajstić information content (AvgIpc) is 2.40. The van der Waals surface area contributed by atoms with Crippen LogP contribution in [-0.2, 0) is 6.54 Å². The van der Waals surface area contributed by atoms with Crippen molar-refractivity contribution in [2.45, 2.75) is 13.5 Å². The molecule has 0 aliphatic rings. The van der Waals surface area contributed by atoms with Crippen molar-refractivity contribution in [2.75, 3.05) is 7.11 Å². The van der Waals surface area contributed by atoms with Gasteiger partial charge in [0.15, 0.2) is 5.75 Å². The van der Waals surface area contributed by atoms with Gasteiger partial charge in [0, 0.05) is 12.7 Å². The normalized spacial score (nSPS) is 10.3. The van der Waals surface area contributed by atoms with Gasteiger partial charge in [0.2, 0.25) is 0 Å². The minimum absolute atomic E-state index is 0.176. The molecule has 4 heteroatoms. The number of benzene rings is 1. The molecule has 18 heavy (non-hydrogen) atoms. The van der Waals surface area contributed by atoms with Crippen LogP contribution in [0.15, 0.2) is 36.5 Å². The van der Waals surface area contributed by atoms with E-state index in [1.165, 1.54) is 0 Å². The molecule has 2 rings (SSSR count). The highest BCUT2D eigenvalue weighted by Gasteiger charge is 2.04. The van der Waals surface area contributed by atoms with E-state index in [2.05, 4.69) is 0 Å². The Morgan fingerprint density at radius 3 is 2.83 bits per heavy atom. The number of rotatable bonds is 3. The van der Waals surface area contributed by atoms with E-state index in [0.29, 0.717) is 11.1 Å². The summed E-state index contributed by atoms with van der Waals surface area (Å²) >= 11 is 5.02. The molecule has 1 N–H and O–H groups in total. The molecule has 1 heterocycles. The number of ether oxygens (including phenoxy) is 1. The Morgan fingerprint density at radius 2 is 2.11 bits per heavy atom. The number of nitrogens with zero attached hydrogens (tertiary/aromatic N) is 1. The van der Waals surface area contributed by atoms with Crippen molar-refractivity contribution in [3.8, 4) is 11.5 Å². The summed E-state index contributed by atoms with van der Waals surface area (Å²) in [4.78, 5) is 0. The lowest BCUT2D eigenvalue weighted by molar-refractivity contribution is 0.414. The third kappa shape index (κ3) is 2.54. The topological polar surface area (TPSA) is 34.4 Å². The molecule has 2 aromatic rings. The van der Waals surface area contributed by atoms with Crippen LogP contribution >= 0.6 is 12.2 Å². The first-order valence-electron chi connectivity index (χ1n) is 5.64. The number of hydrogen-bond acceptors (Lipinski definition) is 3. The molecule has 1 aromatic carbocycles. The molecule has 0 unspecified atom stereocenters. The molecule has 94 valence electrons. The summed E-state index contributed by atoms with van der Waals surface area (Å²) in [6.45, 7) is 2.53. The largest absolute Gasteiger partial charge is 0.505 e. The average molecular weight is 261 g/mol. The first-order chi connectivity index (χ1) is 8.61. The third-order valence-corrected chi connectivity index (χ3v) is 3.23. The van der Waals surface area contributed by atoms with Crippen molar-refractivity contribution in [1.29, 1.82) is 0 Å². The van der Waals surface area contributed by atoms with Crippen LogP contribution in [0.25, 0.3) is 0 Å². The maximum atomic E-state index is 9.82. The fraction of sp³-hybridized carbons (Fsp3) is 0.214. The standard InChI is InChI=1S/C14H15NO2S/c1-10-14(16)13(18)6-7-15(10)9-11-4-3-5-12(8-11)17-2/h3-8,16H,9H2,1-2H3. The molecule has 0 atom stereocenters. The van der Waals surface area contributed by atoms with Crippen molar-refractivity contribution in [3.05, 3.63) is 52.3 Å². The quantitative estimate of drug-likeness (QED) is 0.861. The van der Waals surface area contributed by atoms with E-state index >= 15 is 0 Å². The number of aromatic hydroxyl groups is 1. The zero-order valence-corrected chi connectivity index (χ0v) is 11.2. The second-order valence-electron chi connectivity index (χ2n) is 4.09. The van der Waals surface area contributed by atoms with Gasteiger partial charge >= 0.3 is 0 Å². The van der Waals surface area contributed by atoms with Gasteiger partial charge in [-0.25, -0.2) is 0 Å². The van der Waals surface area contributed by atoms with Gasteiger partial charge in [-0.05, 0) is 30.7 Å². The molecule has 0 bridgehead atoms. The maximum absolute atomic E-state index is 9.82. The summed E-state index contributed by atoms with van der Waals surface area (Å²) in [6, 6.07) is 9.59. The Hall–Kier alpha value is -1.81. The van der Waals surface area contributed by atoms with Crippen molar-refractivity contribution in [1.82, 2.24) is 4.57 Å². The van der Waals surface area contributed by atoms with Crippen LogP contribution in [0.2, 0.25) is 0 Å². The fourth-order valence-corrected chi connectivity index (χ4v) is 2.01. The molecule has 0 radical (unpaired) electrons. The lowest BCUT2D eigenvalue weighted by Crippen LogP contribution is -2.04. The van der Waals surface area contributed by atoms with E-state index in [0.717, 1.165) is 17.0 Å². The summed E-state index contributed by atoms with van der Waals surface area (Å²) in [5.41, 5.74) is 1.88. The second kappa shape index (κ2) is 5.23. The SMILES string of the molecule is COc1cccc(Cn2ccc(=S)c(O)c2C)c1. The highest BCUT2D eigenvalue weighted by Crippen LogP contribution is 2.20. The second-order valence-corrected chi connectivity index (χ2v) is 4.53. The van der Waals surface area contributed by atoms with Gasteiger partial charge < -0.3 is 14.4 Å². The van der Waals surface area contributed by atoms with Gasteiger partial charge in [0.1, 0.15) is 5.75 Å². The van der Waals surface area contributed by atoms with Crippen LogP contribution in [0.3, 0.4) is 0 Å². The van der Waals surface area contributed by atoms with E-state index in [9.17, 15) is 5.11 Å². The summed E-state index contributed by atoms with van der Waals surface area (Å²) in [5, 5.41) is 9.82. The smallest absolute Gasteiger partial charge is 0.152 e. The molecule has 0 aliphatic carbocycles. The van der Waals surface area contributed by atoms with Gasteiger partial charge in [-0.3, -0.25) is 0 Å². The van der Waals surface area contributed by atoms with Crippen molar-refractivity contribution >= 4 is 12.2 Å². The van der Waals surface area contributed by atoms with E-state index in [1.807, 2.05) is 42.0 Å². The van der Waals surface area contributed by atoms with E-state index in [1.54, 1.807) is 13.2 Å². The molecule has 0 saturated carbocycles. The Labute approximate surface area is 111 Å². The highest BCUT2D eigenvalue weighted by molar-refractivity contribution is 7.71. The summed E-state index contributed by atoms with van der Waals surface area (Å²) in [5.74, 6) is 1.00. The monoisotopic (exact) mass is 261 g/mol. The Balaban J connectivity index is 2.34. The van der Waals surface area contributed by atoms with Crippen molar-refractivity contribution in [3.63, 3.8) is 0 Å². The molecule has 0 spiro atoms. The van der Waals surface area contributed by atoms with Gasteiger partial charge in [0.25, 0.3) is 0 Å². The summed E-state index contributed by atoms with van der Waals surface area (Å²) in [6.07, 6.45) is 1.89. The van der Waals surface area contributed by atoms with Gasteiger partial charge in [-0.1, -0.05) is 24.4 Å². The predicted octanol–water partition coefficient (Wildman–Crippen LogP) is 3.29. The zero-order chi connectivity index (χ0) is 13.1. The number of pyridine rings is 1. The molecule has 0 amide bonds. The van der Waals surface area contributed by atoms with Crippen LogP contribution in [-0.4, -0.2) is 16.8 Å². The van der Waals surface area contributed by atoms with E-state index in [-0.39, 0.29) is 5.75 Å². The van der Waals surface area contributed by atoms with Gasteiger partial charge in [-0.2, -0.15) is 0 Å². The Morgan fingerprint density at radius 1 is 1.33 bits per heavy atom. The minimum Gasteiger partial charge on any atom is -0.505 e. The number of hydrogen-bond donors (Lipinski definition) is 1. The van der Waals surface area contributed by atoms with Crippen molar-refractivity contribution in [2.24, 2.45) is 0 Å². The van der Waals surface area contributed by atoms with Gasteiger partial charge in [0.05, 0.1) is 17.3 Å². The predicted molar refractivity (Wildman–Crippen MR) is 73.8 cm³/mol. The molecular weight excluding hydrogens is 246 g/mol. The molecule has 1 aromatic heterocycles. The lowest BCUT2D eigenvalue weighted by atomic mass is 10.2. The molecule has 0 aliphatic heterocycles. The van der Waals surface area contributed by atoms with Crippen LogP contribution in [0.1, 0.15) is 11.3 Å². The van der Waals surface area contributed by atoms with Crippen LogP contribution < -0.4 is 4.74 Å². The Kier molecular flexibility index (Phi) is 3.67. The highest BCUT2D eigenvalue weighted by atomic mass is 32.1. The zero-order valence-electron chi connectivity index (χ0n) is 10.4. The summed E-state index contributed by atoms with van der Waals surface area (Å²) in [7, 11) is 1.65. The third-order valence-electron chi connectivity index (χ3n) is 2.90. The lowest BCUT2D eigenvalue weighted by Gasteiger charge is -2.12. The number of aromatic nitrogens is 1. The van der Waals surface area contributed by atoms with Crippen LogP contribution in [0, 0.1) is 11.4 Å². The molecule has 0 saturated heterocycles. The number of methoxy groups -OCH3 is 1. The Bertz CT molecular complexity index is 619. The van der Waals surface area contributed by atoms with Crippen molar-refractivity contribution < 1.29 is 9.84 Å². The first kappa shape index (κ1) is 12.6. The van der Waals surface area contributed by atoms with E-state index in [4.69, 9.17) is 17.0 Å². The molecular formula is C14H15NO2S. The minimum atomic E-state index is 0.176. The first-order valence-corrected chi connectivity index (χ1v) is 6.04. The maximum Gasteiger partial charge on any atom is 0.152 e. The molecule has 0 fully saturated rings. The van der Waals surface area contributed by atoms with Gasteiger partial charge in [-0.15, -0.1) is 0 Å². The van der Waals surface area contributed by atoms with Crippen LogP contribution in [0.5, 0.6) is 11.5 Å². The fourth-order valence-electron chi connectivity index (χ4n) is 1.80. The van der Waals surface area contributed by atoms with E-state index < -0.39 is 0 Å².